The van der Waals surface area contributed by atoms with Crippen molar-refractivity contribution in [3.8, 4) is 0 Å². The summed E-state index contributed by atoms with van der Waals surface area (Å²) in [6.07, 6.45) is -12.7. The smallest absolute Gasteiger partial charge is 0.414 e. The number of carbonyl (C=O) groups is 8. The number of methoxy groups -OCH3 is 1. The Kier molecular flexibility index (Phi) is 23.2. The van der Waals surface area contributed by atoms with E-state index in [0.717, 1.165) is 0 Å². The van der Waals surface area contributed by atoms with Crippen LogP contribution in [0.25, 0.3) is 0 Å². The molecule has 0 aliphatic carbocycles. The summed E-state index contributed by atoms with van der Waals surface area (Å²) in [4.78, 5) is 110. The zero-order chi connectivity index (χ0) is 56.8. The van der Waals surface area contributed by atoms with Crippen molar-refractivity contribution in [3.05, 3.63) is 11.6 Å². The number of esters is 3. The first kappa shape index (κ1) is 65.5. The number of halogens is 6. The Bertz CT molecular complexity index is 2110. The zero-order valence-corrected chi connectivity index (χ0v) is 48.5. The lowest BCUT2D eigenvalue weighted by molar-refractivity contribution is -0.319. The lowest BCUT2D eigenvalue weighted by Crippen LogP contribution is -2.62. The third-order valence-electron chi connectivity index (χ3n) is 13.2. The van der Waals surface area contributed by atoms with Crippen LogP contribution < -0.4 is 10.6 Å². The highest BCUT2D eigenvalue weighted by Crippen LogP contribution is 2.43. The van der Waals surface area contributed by atoms with E-state index in [1.807, 2.05) is 15.5 Å². The van der Waals surface area contributed by atoms with Crippen molar-refractivity contribution in [1.29, 1.82) is 0 Å². The topological polar surface area (TPSA) is 256 Å². The minimum atomic E-state index is -2.66. The SMILES string of the molecule is CC[C@H]1OC(=O)[C@H](C)[C@@H](O[C@H]2C[C@@](C)(OC)[C@@H](OC(C)=O)[C@H](C)O2)[C@H](C)[C@@H](O[C@@H]2O[C@H](C)C[C@H](N(C)C)[C@H]2OC(C)=O)[C@](C)(OC(=O)NC(=O)C(Cl)(Cl)Cl)C[C@@H](C)C(=O)C(C)=C[C@]1(C)OC(=O)NC(=O)C(Cl)(Cl)Cl. The maximum Gasteiger partial charge on any atom is 0.414 e. The van der Waals surface area contributed by atoms with Gasteiger partial charge >= 0.3 is 30.1 Å². The second kappa shape index (κ2) is 26.2. The predicted octanol–water partition coefficient (Wildman–Crippen LogP) is 7.14. The van der Waals surface area contributed by atoms with Gasteiger partial charge in [-0.25, -0.2) is 9.59 Å². The van der Waals surface area contributed by atoms with Gasteiger partial charge in [0.25, 0.3) is 19.4 Å². The Morgan fingerprint density at radius 2 is 1.31 bits per heavy atom. The first-order chi connectivity index (χ1) is 33.8. The van der Waals surface area contributed by atoms with Crippen molar-refractivity contribution in [2.24, 2.45) is 17.8 Å². The van der Waals surface area contributed by atoms with Crippen LogP contribution in [0.3, 0.4) is 0 Å². The first-order valence-electron chi connectivity index (χ1n) is 23.7. The van der Waals surface area contributed by atoms with Crippen molar-refractivity contribution >= 4 is 117 Å². The Hall–Kier alpha value is -2.80. The fraction of sp³-hybridized carbons (Fsp3) is 0.787. The second-order valence-corrected chi connectivity index (χ2v) is 24.4. The molecule has 3 aliphatic heterocycles. The first-order valence-corrected chi connectivity index (χ1v) is 25.9. The number of nitrogens with zero attached hydrogens (tertiary/aromatic N) is 1. The summed E-state index contributed by atoms with van der Waals surface area (Å²) < 4.78 is 56.9. The highest BCUT2D eigenvalue weighted by Gasteiger charge is 2.56. The maximum absolute atomic E-state index is 15.0. The molecule has 16 atom stereocenters. The Labute approximate surface area is 461 Å². The van der Waals surface area contributed by atoms with Crippen LogP contribution in [0.4, 0.5) is 9.59 Å². The molecular weight excluding hydrogens is 1110 g/mol. The molecule has 0 unspecified atom stereocenters. The molecule has 0 aromatic heterocycles. The minimum Gasteiger partial charge on any atom is -0.457 e. The van der Waals surface area contributed by atoms with E-state index in [2.05, 4.69) is 0 Å². The molecule has 0 bridgehead atoms. The number of imide groups is 2. The molecule has 3 aliphatic rings. The number of amides is 4. The van der Waals surface area contributed by atoms with Gasteiger partial charge in [-0.1, -0.05) is 90.4 Å². The molecular formula is C47H69Cl6N3O18. The number of cyclic esters (lactones) is 1. The van der Waals surface area contributed by atoms with Gasteiger partial charge in [-0.15, -0.1) is 0 Å². The monoisotopic (exact) mass is 1170 g/mol. The minimum absolute atomic E-state index is 0.0658. The van der Waals surface area contributed by atoms with Gasteiger partial charge < -0.3 is 52.3 Å². The van der Waals surface area contributed by atoms with E-state index in [1.165, 1.54) is 61.7 Å². The maximum atomic E-state index is 15.0. The summed E-state index contributed by atoms with van der Waals surface area (Å²) >= 11 is 34.6. The van der Waals surface area contributed by atoms with Gasteiger partial charge in [0.1, 0.15) is 23.4 Å². The van der Waals surface area contributed by atoms with Crippen molar-refractivity contribution in [1.82, 2.24) is 15.5 Å². The normalized spacial score (nSPS) is 35.8. The number of Topliss-reactive ketones (excluding diaryl/α,β-unsaturated/α-hetero) is 1. The van der Waals surface area contributed by atoms with Gasteiger partial charge in [0, 0.05) is 39.2 Å². The number of allylic oxidation sites excluding steroid dienone is 1. The van der Waals surface area contributed by atoms with Gasteiger partial charge in [0.05, 0.1) is 30.3 Å². The fourth-order valence-corrected chi connectivity index (χ4v) is 10.0. The quantitative estimate of drug-likeness (QED) is 0.118. The molecule has 0 saturated carbocycles. The molecule has 0 aromatic carbocycles. The Morgan fingerprint density at radius 3 is 1.80 bits per heavy atom. The van der Waals surface area contributed by atoms with E-state index in [4.69, 9.17) is 117 Å². The van der Waals surface area contributed by atoms with Crippen molar-refractivity contribution in [2.75, 3.05) is 21.2 Å². The molecule has 2 saturated heterocycles. The fourth-order valence-electron chi connectivity index (χ4n) is 9.72. The van der Waals surface area contributed by atoms with Gasteiger partial charge in [0.15, 0.2) is 36.2 Å². The molecule has 422 valence electrons. The lowest BCUT2D eigenvalue weighted by Gasteiger charge is -2.50. The van der Waals surface area contributed by atoms with Gasteiger partial charge in [-0.05, 0) is 93.5 Å². The summed E-state index contributed by atoms with van der Waals surface area (Å²) in [6.45, 7) is 17.7. The number of ether oxygens (including phenoxy) is 10. The largest absolute Gasteiger partial charge is 0.457 e. The number of rotatable bonds is 11. The van der Waals surface area contributed by atoms with Crippen LogP contribution in [0.2, 0.25) is 0 Å². The van der Waals surface area contributed by atoms with Crippen LogP contribution in [-0.2, 0) is 76.1 Å². The van der Waals surface area contributed by atoms with Crippen LogP contribution in [-0.4, -0.2) is 160 Å². The molecule has 2 fully saturated rings. The molecule has 4 amide bonds. The summed E-state index contributed by atoms with van der Waals surface area (Å²) in [6, 6.07) is -0.521. The van der Waals surface area contributed by atoms with E-state index < -0.39 is 158 Å². The van der Waals surface area contributed by atoms with Crippen LogP contribution in [0, 0.1) is 17.8 Å². The molecule has 0 aromatic rings. The van der Waals surface area contributed by atoms with Crippen LogP contribution in [0.1, 0.15) is 109 Å². The third-order valence-corrected chi connectivity index (χ3v) is 14.3. The number of nitrogens with one attached hydrogen (secondary N) is 2. The van der Waals surface area contributed by atoms with E-state index >= 15 is 0 Å². The molecule has 3 heterocycles. The zero-order valence-electron chi connectivity index (χ0n) is 44.0. The van der Waals surface area contributed by atoms with Crippen molar-refractivity contribution in [3.63, 3.8) is 0 Å². The average Bonchev–Trinajstić information content (AvgIpc) is 3.25. The van der Waals surface area contributed by atoms with E-state index in [0.29, 0.717) is 6.42 Å². The number of ketones is 1. The van der Waals surface area contributed by atoms with Crippen LogP contribution in [0.15, 0.2) is 11.6 Å². The van der Waals surface area contributed by atoms with Crippen LogP contribution in [0.5, 0.6) is 0 Å². The number of hydrogen-bond donors (Lipinski definition) is 2. The summed E-state index contributed by atoms with van der Waals surface area (Å²) in [5.74, 6) is -9.52. The average molecular weight is 1180 g/mol. The summed E-state index contributed by atoms with van der Waals surface area (Å²) in [5, 5.41) is 3.71. The predicted molar refractivity (Wildman–Crippen MR) is 269 cm³/mol. The summed E-state index contributed by atoms with van der Waals surface area (Å²) in [5.41, 5.74) is -5.51. The number of alkyl halides is 6. The van der Waals surface area contributed by atoms with Crippen molar-refractivity contribution in [2.45, 2.75) is 195 Å². The van der Waals surface area contributed by atoms with Crippen molar-refractivity contribution < 1.29 is 85.7 Å². The highest BCUT2D eigenvalue weighted by atomic mass is 35.6. The molecule has 0 radical (unpaired) electrons. The highest BCUT2D eigenvalue weighted by molar-refractivity contribution is 6.77. The van der Waals surface area contributed by atoms with E-state index in [1.54, 1.807) is 48.7 Å². The standard InChI is InChI=1S/C47H69Cl6N3O18/c1-16-30-43(10,73-41(63)54-39(61)46(48,49)50)18-21(2)32(59)22(3)19-45(12,74-42(64)55-40(62)47(51,52)53)35(72-38-34(68-27(8)57)29(56(13)14)17-23(4)66-38)24(5)33(25(6)37(60)70-30)71-31-20-44(11,65-15)36(26(7)67-31)69-28(9)58/h18,22-26,29-31,33-36,38H,16-17,19-20H2,1-15H3,(H,54,61,63)(H,55,62,64)/t22-,23-,24+,25-,26+,29+,30-,31+,33+,34-,35-,36+,38+,43+,44-,45-/m1/s1. The van der Waals surface area contributed by atoms with Crippen LogP contribution >= 0.6 is 69.6 Å². The number of alkyl carbamates (subject to hydrolysis) is 2. The number of likely N-dealkylation sites (N-methyl/N-ethyl adjacent to an activating group) is 1. The Morgan fingerprint density at radius 1 is 0.770 bits per heavy atom. The molecule has 2 N–H and O–H groups in total. The second-order valence-electron chi connectivity index (χ2n) is 19.8. The van der Waals surface area contributed by atoms with Gasteiger partial charge in [0.2, 0.25) is 0 Å². The molecule has 74 heavy (non-hydrogen) atoms. The molecule has 3 rings (SSSR count). The molecule has 0 spiro atoms. The summed E-state index contributed by atoms with van der Waals surface area (Å²) in [7, 11) is 4.93. The Balaban J connectivity index is 2.48. The van der Waals surface area contributed by atoms with E-state index in [9.17, 15) is 38.4 Å². The molecule has 21 nitrogen and oxygen atoms in total. The van der Waals surface area contributed by atoms with Gasteiger partial charge in [-0.3, -0.25) is 39.4 Å². The molecule has 27 heteroatoms. The lowest BCUT2D eigenvalue weighted by atomic mass is 9.76. The van der Waals surface area contributed by atoms with Gasteiger partial charge in [-0.2, -0.15) is 0 Å². The van der Waals surface area contributed by atoms with E-state index in [-0.39, 0.29) is 18.4 Å². The number of hydrogen-bond acceptors (Lipinski definition) is 19. The number of carbonyl (C=O) groups excluding carboxylic acids is 8. The third kappa shape index (κ3) is 17.1.